The van der Waals surface area contributed by atoms with Crippen molar-refractivity contribution in [1.82, 2.24) is 4.57 Å². The summed E-state index contributed by atoms with van der Waals surface area (Å²) in [5.74, 6) is -0.223. The van der Waals surface area contributed by atoms with Crippen molar-refractivity contribution in [2.24, 2.45) is 0 Å². The maximum atomic E-state index is 12.2. The van der Waals surface area contributed by atoms with Gasteiger partial charge < -0.3 is 5.32 Å². The predicted molar refractivity (Wildman–Crippen MR) is 95.7 cm³/mol. The lowest BCUT2D eigenvalue weighted by molar-refractivity contribution is 0.102. The highest BCUT2D eigenvalue weighted by Gasteiger charge is 2.10. The number of fused-ring (bicyclic) bond motifs is 1. The van der Waals surface area contributed by atoms with Gasteiger partial charge in [-0.15, -0.1) is 6.58 Å². The number of amides is 1. The largest absolute Gasteiger partial charge is 0.322 e. The van der Waals surface area contributed by atoms with Crippen molar-refractivity contribution >= 4 is 44.7 Å². The van der Waals surface area contributed by atoms with Crippen molar-refractivity contribution in [3.63, 3.8) is 0 Å². The van der Waals surface area contributed by atoms with E-state index in [1.165, 1.54) is 0 Å². The van der Waals surface area contributed by atoms with E-state index in [4.69, 9.17) is 11.6 Å². The molecule has 1 N–H and O–H groups in total. The van der Waals surface area contributed by atoms with Gasteiger partial charge in [-0.2, -0.15) is 0 Å². The van der Waals surface area contributed by atoms with Crippen LogP contribution in [0.1, 0.15) is 10.4 Å². The number of nitrogens with one attached hydrogen (secondary N) is 1. The van der Waals surface area contributed by atoms with Gasteiger partial charge in [0, 0.05) is 22.8 Å². The van der Waals surface area contributed by atoms with Crippen molar-refractivity contribution in [2.75, 3.05) is 5.32 Å². The van der Waals surface area contributed by atoms with Crippen LogP contribution in [0, 0.1) is 0 Å². The highest BCUT2D eigenvalue weighted by molar-refractivity contribution is 7.16. The van der Waals surface area contributed by atoms with E-state index in [-0.39, 0.29) is 10.8 Å². The third-order valence-electron chi connectivity index (χ3n) is 3.34. The first-order valence-corrected chi connectivity index (χ1v) is 8.09. The third kappa shape index (κ3) is 3.21. The highest BCUT2D eigenvalue weighted by atomic mass is 35.5. The van der Waals surface area contributed by atoms with Gasteiger partial charge in [-0.1, -0.05) is 29.0 Å². The van der Waals surface area contributed by atoms with E-state index < -0.39 is 0 Å². The van der Waals surface area contributed by atoms with Gasteiger partial charge in [-0.3, -0.25) is 14.2 Å². The number of hydrogen-bond donors (Lipinski definition) is 1. The van der Waals surface area contributed by atoms with Crippen LogP contribution in [0.5, 0.6) is 0 Å². The summed E-state index contributed by atoms with van der Waals surface area (Å²) in [6, 6.07) is 12.1. The zero-order chi connectivity index (χ0) is 16.4. The van der Waals surface area contributed by atoms with Gasteiger partial charge in [0.1, 0.15) is 0 Å². The van der Waals surface area contributed by atoms with Crippen molar-refractivity contribution in [3.8, 4) is 0 Å². The molecule has 0 saturated carbocycles. The van der Waals surface area contributed by atoms with Crippen LogP contribution < -0.4 is 10.2 Å². The molecule has 3 rings (SSSR count). The van der Waals surface area contributed by atoms with Gasteiger partial charge in [0.05, 0.1) is 10.2 Å². The Morgan fingerprint density at radius 3 is 2.70 bits per heavy atom. The normalized spacial score (nSPS) is 10.7. The molecule has 0 aliphatic carbocycles. The van der Waals surface area contributed by atoms with Gasteiger partial charge in [-0.05, 0) is 42.5 Å². The summed E-state index contributed by atoms with van der Waals surface area (Å²) in [7, 11) is 0. The molecule has 0 radical (unpaired) electrons. The second-order valence-corrected chi connectivity index (χ2v) is 6.34. The summed E-state index contributed by atoms with van der Waals surface area (Å²) < 4.78 is 2.48. The number of thiazole rings is 1. The van der Waals surface area contributed by atoms with E-state index in [0.717, 1.165) is 21.6 Å². The van der Waals surface area contributed by atoms with E-state index in [0.29, 0.717) is 22.8 Å². The van der Waals surface area contributed by atoms with Crippen molar-refractivity contribution in [2.45, 2.75) is 6.54 Å². The Labute approximate surface area is 141 Å². The van der Waals surface area contributed by atoms with Crippen LogP contribution in [0.4, 0.5) is 5.69 Å². The fourth-order valence-electron chi connectivity index (χ4n) is 2.25. The lowest BCUT2D eigenvalue weighted by Crippen LogP contribution is -2.12. The molecular weight excluding hydrogens is 332 g/mol. The smallest absolute Gasteiger partial charge is 0.308 e. The number of aromatic nitrogens is 1. The van der Waals surface area contributed by atoms with Gasteiger partial charge in [-0.25, -0.2) is 0 Å². The molecule has 3 aromatic rings. The van der Waals surface area contributed by atoms with E-state index in [9.17, 15) is 9.59 Å². The number of benzene rings is 2. The fourth-order valence-corrected chi connectivity index (χ4v) is 3.32. The summed E-state index contributed by atoms with van der Waals surface area (Å²) in [4.78, 5) is 24.1. The Bertz CT molecular complexity index is 941. The number of rotatable bonds is 4. The quantitative estimate of drug-likeness (QED) is 0.723. The lowest BCUT2D eigenvalue weighted by atomic mass is 10.2. The van der Waals surface area contributed by atoms with Crippen LogP contribution in [0.25, 0.3) is 10.2 Å². The zero-order valence-corrected chi connectivity index (χ0v) is 13.7. The number of allylic oxidation sites excluding steroid dienone is 1. The molecule has 0 fully saturated rings. The molecule has 0 bridgehead atoms. The number of nitrogens with zero attached hydrogens (tertiary/aromatic N) is 1. The molecule has 0 aliphatic rings. The molecule has 4 nitrogen and oxygen atoms in total. The summed E-state index contributed by atoms with van der Waals surface area (Å²) in [6.45, 7) is 4.13. The van der Waals surface area contributed by atoms with E-state index in [1.54, 1.807) is 47.0 Å². The van der Waals surface area contributed by atoms with Gasteiger partial charge >= 0.3 is 4.87 Å². The van der Waals surface area contributed by atoms with Crippen LogP contribution in [-0.4, -0.2) is 10.5 Å². The van der Waals surface area contributed by atoms with Gasteiger partial charge in [0.15, 0.2) is 0 Å². The molecule has 1 amide bonds. The Kier molecular flexibility index (Phi) is 4.32. The molecule has 0 spiro atoms. The zero-order valence-electron chi connectivity index (χ0n) is 12.1. The average Bonchev–Trinajstić information content (AvgIpc) is 2.83. The number of carbonyl (C=O) groups excluding carboxylic acids is 1. The van der Waals surface area contributed by atoms with Gasteiger partial charge in [0.25, 0.3) is 5.91 Å². The maximum Gasteiger partial charge on any atom is 0.308 e. The number of hydrogen-bond acceptors (Lipinski definition) is 3. The van der Waals surface area contributed by atoms with Crippen molar-refractivity contribution < 1.29 is 4.79 Å². The van der Waals surface area contributed by atoms with Crippen molar-refractivity contribution in [3.05, 3.63) is 75.4 Å². The molecule has 0 atom stereocenters. The Balaban J connectivity index is 1.89. The first-order valence-electron chi connectivity index (χ1n) is 6.89. The number of anilines is 1. The molecule has 23 heavy (non-hydrogen) atoms. The molecule has 1 heterocycles. The molecule has 1 aromatic heterocycles. The van der Waals surface area contributed by atoms with Gasteiger partial charge in [0.2, 0.25) is 0 Å². The van der Waals surface area contributed by atoms with Crippen LogP contribution >= 0.6 is 22.9 Å². The van der Waals surface area contributed by atoms with Crippen LogP contribution in [-0.2, 0) is 6.54 Å². The SMILES string of the molecule is C=CCn1c(=O)sc2cc(NC(=O)c3ccc(Cl)cc3)ccc21. The summed E-state index contributed by atoms with van der Waals surface area (Å²) in [5, 5.41) is 3.40. The average molecular weight is 345 g/mol. The van der Waals surface area contributed by atoms with E-state index >= 15 is 0 Å². The first kappa shape index (κ1) is 15.5. The maximum absolute atomic E-state index is 12.2. The minimum absolute atomic E-state index is 0.0407. The molecule has 0 aliphatic heterocycles. The second-order valence-electron chi connectivity index (χ2n) is 4.91. The fraction of sp³-hybridized carbons (Fsp3) is 0.0588. The molecule has 0 unspecified atom stereocenters. The predicted octanol–water partition coefficient (Wildman–Crippen LogP) is 4.15. The molecule has 116 valence electrons. The standard InChI is InChI=1S/C17H13ClN2O2S/c1-2-9-20-14-8-7-13(10-15(14)23-17(20)22)19-16(21)11-3-5-12(18)6-4-11/h2-8,10H,1,9H2,(H,19,21). The summed E-state index contributed by atoms with van der Waals surface area (Å²) in [5.41, 5.74) is 2.00. The Morgan fingerprint density at radius 2 is 2.00 bits per heavy atom. The van der Waals surface area contributed by atoms with E-state index in [1.807, 2.05) is 6.07 Å². The highest BCUT2D eigenvalue weighted by Crippen LogP contribution is 2.22. The molecule has 6 heteroatoms. The second kappa shape index (κ2) is 6.40. The minimum Gasteiger partial charge on any atom is -0.322 e. The summed E-state index contributed by atoms with van der Waals surface area (Å²) in [6.07, 6.45) is 1.68. The topological polar surface area (TPSA) is 51.1 Å². The van der Waals surface area contributed by atoms with E-state index in [2.05, 4.69) is 11.9 Å². The minimum atomic E-state index is -0.223. The number of halogens is 1. The van der Waals surface area contributed by atoms with Crippen LogP contribution in [0.15, 0.2) is 59.9 Å². The van der Waals surface area contributed by atoms with Crippen LogP contribution in [0.2, 0.25) is 5.02 Å². The lowest BCUT2D eigenvalue weighted by Gasteiger charge is -2.06. The summed E-state index contributed by atoms with van der Waals surface area (Å²) >= 11 is 6.96. The first-order chi connectivity index (χ1) is 11.1. The molecule has 0 saturated heterocycles. The molecular formula is C17H13ClN2O2S. The molecule has 2 aromatic carbocycles. The number of carbonyl (C=O) groups is 1. The Morgan fingerprint density at radius 1 is 1.26 bits per heavy atom. The Hall–Kier alpha value is -2.37. The third-order valence-corrected chi connectivity index (χ3v) is 4.54. The monoisotopic (exact) mass is 344 g/mol. The van der Waals surface area contributed by atoms with Crippen molar-refractivity contribution in [1.29, 1.82) is 0 Å². The van der Waals surface area contributed by atoms with Crippen LogP contribution in [0.3, 0.4) is 0 Å².